The molecule has 0 aliphatic carbocycles. The van der Waals surface area contributed by atoms with E-state index in [9.17, 15) is 18.0 Å². The summed E-state index contributed by atoms with van der Waals surface area (Å²) in [5.41, 5.74) is 1.03. The number of nitrogens with one attached hydrogen (secondary N) is 1. The first-order valence-corrected chi connectivity index (χ1v) is 7.15. The number of fused-ring (bicyclic) bond motifs is 1. The number of hydrogen-bond donors (Lipinski definition) is 1. The highest BCUT2D eigenvalue weighted by Gasteiger charge is 2.33. The number of ether oxygens (including phenoxy) is 2. The highest BCUT2D eigenvalue weighted by molar-refractivity contribution is 5.74. The highest BCUT2D eigenvalue weighted by Crippen LogP contribution is 2.32. The molecule has 23 heavy (non-hydrogen) atoms. The Kier molecular flexibility index (Phi) is 4.20. The van der Waals surface area contributed by atoms with Gasteiger partial charge >= 0.3 is 12.3 Å². The number of hydrogen-bond acceptors (Lipinski definition) is 4. The molecule has 126 valence electrons. The average Bonchev–Trinajstić information content (AvgIpc) is 2.94. The van der Waals surface area contributed by atoms with Gasteiger partial charge < -0.3 is 14.4 Å². The number of alkyl halides is 3. The van der Waals surface area contributed by atoms with Gasteiger partial charge in [0.1, 0.15) is 0 Å². The van der Waals surface area contributed by atoms with Crippen LogP contribution >= 0.6 is 0 Å². The van der Waals surface area contributed by atoms with Gasteiger partial charge in [0.05, 0.1) is 0 Å². The third kappa shape index (κ3) is 3.98. The van der Waals surface area contributed by atoms with Crippen LogP contribution < -0.4 is 14.8 Å². The fourth-order valence-electron chi connectivity index (χ4n) is 2.61. The molecule has 1 aromatic rings. The Hall–Kier alpha value is -2.16. The van der Waals surface area contributed by atoms with Crippen molar-refractivity contribution in [1.82, 2.24) is 15.1 Å². The number of carbonyl (C=O) groups excluding carboxylic acids is 1. The van der Waals surface area contributed by atoms with E-state index in [-0.39, 0.29) is 19.9 Å². The van der Waals surface area contributed by atoms with E-state index in [1.165, 1.54) is 4.90 Å². The lowest BCUT2D eigenvalue weighted by Gasteiger charge is -2.34. The van der Waals surface area contributed by atoms with Crippen LogP contribution in [0.1, 0.15) is 5.56 Å². The maximum atomic E-state index is 12.1. The lowest BCUT2D eigenvalue weighted by atomic mass is 10.1. The zero-order valence-corrected chi connectivity index (χ0v) is 12.2. The van der Waals surface area contributed by atoms with E-state index in [2.05, 4.69) is 4.90 Å². The molecule has 2 aliphatic heterocycles. The van der Waals surface area contributed by atoms with Crippen molar-refractivity contribution < 1.29 is 27.4 Å². The van der Waals surface area contributed by atoms with E-state index in [1.807, 2.05) is 18.2 Å². The van der Waals surface area contributed by atoms with Crippen molar-refractivity contribution in [2.75, 3.05) is 33.0 Å². The monoisotopic (exact) mass is 331 g/mol. The molecular weight excluding hydrogens is 315 g/mol. The van der Waals surface area contributed by atoms with Crippen LogP contribution in [0.4, 0.5) is 18.0 Å². The number of nitrogens with zero attached hydrogens (tertiary/aromatic N) is 2. The summed E-state index contributed by atoms with van der Waals surface area (Å²) in [4.78, 5) is 14.7. The third-order valence-corrected chi connectivity index (χ3v) is 3.75. The zero-order valence-electron chi connectivity index (χ0n) is 12.2. The molecule has 0 spiro atoms. The van der Waals surface area contributed by atoms with Crippen molar-refractivity contribution in [1.29, 1.82) is 0 Å². The number of rotatable bonds is 2. The molecule has 6 nitrogen and oxygen atoms in total. The maximum absolute atomic E-state index is 12.1. The number of carbonyl (C=O) groups is 1. The van der Waals surface area contributed by atoms with Crippen LogP contribution in [-0.4, -0.2) is 55.1 Å². The van der Waals surface area contributed by atoms with Crippen molar-refractivity contribution in [2.24, 2.45) is 0 Å². The summed E-state index contributed by atoms with van der Waals surface area (Å²) in [7, 11) is 0. The van der Waals surface area contributed by atoms with Crippen LogP contribution in [0.25, 0.3) is 0 Å². The molecule has 1 aromatic carbocycles. The van der Waals surface area contributed by atoms with Crippen LogP contribution in [0, 0.1) is 0 Å². The van der Waals surface area contributed by atoms with Gasteiger partial charge in [0, 0.05) is 32.7 Å². The number of halogens is 3. The largest absolute Gasteiger partial charge is 0.485 e. The predicted octanol–water partition coefficient (Wildman–Crippen LogP) is 1.76. The highest BCUT2D eigenvalue weighted by atomic mass is 19.4. The Labute approximate surface area is 130 Å². The second-order valence-electron chi connectivity index (χ2n) is 5.38. The molecule has 9 heteroatoms. The van der Waals surface area contributed by atoms with Gasteiger partial charge in [-0.15, -0.1) is 0 Å². The van der Waals surface area contributed by atoms with E-state index in [0.717, 1.165) is 10.9 Å². The van der Waals surface area contributed by atoms with Crippen molar-refractivity contribution in [3.05, 3.63) is 23.8 Å². The Bertz CT molecular complexity index is 586. The van der Waals surface area contributed by atoms with E-state index < -0.39 is 12.3 Å². The summed E-state index contributed by atoms with van der Waals surface area (Å²) in [5.74, 6) is 1.41. The summed E-state index contributed by atoms with van der Waals surface area (Å²) in [6, 6.07) is 4.56. The molecule has 1 fully saturated rings. The first-order chi connectivity index (χ1) is 10.9. The molecule has 3 rings (SSSR count). The zero-order chi connectivity index (χ0) is 16.4. The molecule has 1 N–H and O–H groups in total. The van der Waals surface area contributed by atoms with Gasteiger partial charge in [0.15, 0.2) is 11.5 Å². The molecule has 0 bridgehead atoms. The molecular formula is C14H16F3N3O3. The number of benzene rings is 1. The van der Waals surface area contributed by atoms with Crippen LogP contribution in [0.5, 0.6) is 11.5 Å². The van der Waals surface area contributed by atoms with Crippen molar-refractivity contribution in [2.45, 2.75) is 12.8 Å². The topological polar surface area (TPSA) is 54.0 Å². The first kappa shape index (κ1) is 15.7. The quantitative estimate of drug-likeness (QED) is 0.839. The summed E-state index contributed by atoms with van der Waals surface area (Å²) < 4.78 is 47.0. The van der Waals surface area contributed by atoms with Gasteiger partial charge in [-0.3, -0.25) is 4.90 Å². The Morgan fingerprint density at radius 2 is 1.83 bits per heavy atom. The molecule has 2 amide bonds. The second kappa shape index (κ2) is 6.15. The van der Waals surface area contributed by atoms with Crippen molar-refractivity contribution >= 4 is 6.03 Å². The normalized spacial score (nSPS) is 18.1. The van der Waals surface area contributed by atoms with Gasteiger partial charge in [-0.25, -0.2) is 10.1 Å². The van der Waals surface area contributed by atoms with E-state index in [4.69, 9.17) is 9.47 Å². The minimum Gasteiger partial charge on any atom is -0.454 e. The summed E-state index contributed by atoms with van der Waals surface area (Å²) in [5, 5.41) is 1.02. The smallest absolute Gasteiger partial charge is 0.454 e. The van der Waals surface area contributed by atoms with E-state index >= 15 is 0 Å². The summed E-state index contributed by atoms with van der Waals surface area (Å²) >= 11 is 0. The number of urea groups is 1. The Morgan fingerprint density at radius 3 is 2.52 bits per heavy atom. The molecule has 0 aromatic heterocycles. The fraction of sp³-hybridized carbons (Fsp3) is 0.500. The Morgan fingerprint density at radius 1 is 1.13 bits per heavy atom. The summed E-state index contributed by atoms with van der Waals surface area (Å²) in [6.07, 6.45) is -4.69. The Balaban J connectivity index is 1.50. The molecule has 0 saturated carbocycles. The van der Waals surface area contributed by atoms with E-state index in [0.29, 0.717) is 31.1 Å². The first-order valence-electron chi connectivity index (χ1n) is 7.15. The SMILES string of the molecule is O=C(NC(F)(F)F)N1CCN(Cc2ccc3c(c2)OCO3)CC1. The van der Waals surface area contributed by atoms with Crippen LogP contribution in [0.15, 0.2) is 18.2 Å². The van der Waals surface area contributed by atoms with Crippen LogP contribution in [-0.2, 0) is 6.54 Å². The molecule has 2 aliphatic rings. The maximum Gasteiger partial charge on any atom is 0.485 e. The van der Waals surface area contributed by atoms with Crippen LogP contribution in [0.3, 0.4) is 0 Å². The van der Waals surface area contributed by atoms with Gasteiger partial charge in [-0.05, 0) is 17.7 Å². The standard InChI is InChI=1S/C14H16F3N3O3/c15-14(16,17)18-13(21)20-5-3-19(4-6-20)8-10-1-2-11-12(7-10)23-9-22-11/h1-2,7H,3-6,8-9H2,(H,18,21). The number of amides is 2. The van der Waals surface area contributed by atoms with E-state index in [1.54, 1.807) is 0 Å². The average molecular weight is 331 g/mol. The second-order valence-corrected chi connectivity index (χ2v) is 5.38. The third-order valence-electron chi connectivity index (χ3n) is 3.75. The van der Waals surface area contributed by atoms with Gasteiger partial charge in [-0.2, -0.15) is 13.2 Å². The number of piperazine rings is 1. The van der Waals surface area contributed by atoms with Crippen molar-refractivity contribution in [3.8, 4) is 11.5 Å². The minimum absolute atomic E-state index is 0.214. The molecule has 2 heterocycles. The summed E-state index contributed by atoms with van der Waals surface area (Å²) in [6.45, 7) is 2.40. The lowest BCUT2D eigenvalue weighted by molar-refractivity contribution is -0.147. The lowest BCUT2D eigenvalue weighted by Crippen LogP contribution is -2.54. The molecule has 0 unspecified atom stereocenters. The van der Waals surface area contributed by atoms with Gasteiger partial charge in [0.25, 0.3) is 0 Å². The van der Waals surface area contributed by atoms with Gasteiger partial charge in [0.2, 0.25) is 6.79 Å². The molecule has 0 atom stereocenters. The molecule has 0 radical (unpaired) electrons. The van der Waals surface area contributed by atoms with Crippen molar-refractivity contribution in [3.63, 3.8) is 0 Å². The predicted molar refractivity (Wildman–Crippen MR) is 74.0 cm³/mol. The van der Waals surface area contributed by atoms with Crippen LogP contribution in [0.2, 0.25) is 0 Å². The van der Waals surface area contributed by atoms with Gasteiger partial charge in [-0.1, -0.05) is 6.07 Å². The fourth-order valence-corrected chi connectivity index (χ4v) is 2.61. The minimum atomic E-state index is -4.69. The molecule has 1 saturated heterocycles.